The molecule has 0 bridgehead atoms. The third kappa shape index (κ3) is 3.34. The normalized spacial score (nSPS) is 12.1. The van der Waals surface area contributed by atoms with Crippen LogP contribution in [-0.2, 0) is 16.4 Å². The second-order valence-corrected chi connectivity index (χ2v) is 9.01. The minimum Gasteiger partial charge on any atom is -0.384 e. The molecule has 8 heteroatoms. The lowest BCUT2D eigenvalue weighted by Gasteiger charge is -2.08. The first-order valence-corrected chi connectivity index (χ1v) is 11.1. The van der Waals surface area contributed by atoms with Gasteiger partial charge in [-0.25, -0.2) is 18.4 Å². The molecule has 0 saturated carbocycles. The third-order valence-corrected chi connectivity index (χ3v) is 6.86. The Hall–Kier alpha value is -2.97. The fraction of sp³-hybridized carbons (Fsp3) is 0.238. The molecule has 4 rings (SSSR count). The van der Waals surface area contributed by atoms with Crippen LogP contribution < -0.4 is 11.5 Å². The van der Waals surface area contributed by atoms with Crippen LogP contribution in [0.1, 0.15) is 18.4 Å². The molecular weight excluding hydrogens is 386 g/mol. The van der Waals surface area contributed by atoms with Crippen LogP contribution in [0, 0.1) is 6.92 Å². The van der Waals surface area contributed by atoms with E-state index in [0.29, 0.717) is 28.7 Å². The van der Waals surface area contributed by atoms with Gasteiger partial charge in [-0.3, -0.25) is 0 Å². The van der Waals surface area contributed by atoms with Gasteiger partial charge in [0, 0.05) is 6.54 Å². The number of aryl methyl sites for hydroxylation is 2. The van der Waals surface area contributed by atoms with Crippen molar-refractivity contribution in [2.45, 2.75) is 36.1 Å². The maximum absolute atomic E-state index is 13.5. The minimum absolute atomic E-state index is 0.0317. The monoisotopic (exact) mass is 410 g/mol. The van der Waals surface area contributed by atoms with E-state index in [-0.39, 0.29) is 15.6 Å². The summed E-state index contributed by atoms with van der Waals surface area (Å²) in [7, 11) is -3.85. The fourth-order valence-corrected chi connectivity index (χ4v) is 4.97. The smallest absolute Gasteiger partial charge is 0.212 e. The van der Waals surface area contributed by atoms with E-state index in [2.05, 4.69) is 10.7 Å². The van der Waals surface area contributed by atoms with Crippen molar-refractivity contribution in [2.75, 3.05) is 12.3 Å². The molecule has 0 saturated heterocycles. The summed E-state index contributed by atoms with van der Waals surface area (Å²) in [6.45, 7) is 3.29. The van der Waals surface area contributed by atoms with Crippen molar-refractivity contribution in [3.63, 3.8) is 0 Å². The van der Waals surface area contributed by atoms with Crippen LogP contribution in [0.3, 0.4) is 0 Å². The number of unbranched alkanes of at least 4 members (excludes halogenated alkanes) is 1. The van der Waals surface area contributed by atoms with Gasteiger partial charge in [0.2, 0.25) is 9.84 Å². The number of hydrogen-bond acceptors (Lipinski definition) is 5. The quantitative estimate of drug-likeness (QED) is 0.473. The molecule has 2 aromatic carbocycles. The van der Waals surface area contributed by atoms with Gasteiger partial charge in [0.1, 0.15) is 16.2 Å². The fourth-order valence-electron chi connectivity index (χ4n) is 3.46. The molecule has 0 amide bonds. The van der Waals surface area contributed by atoms with Crippen LogP contribution in [-0.4, -0.2) is 29.5 Å². The third-order valence-electron chi connectivity index (χ3n) is 5.03. The zero-order valence-corrected chi connectivity index (χ0v) is 17.1. The van der Waals surface area contributed by atoms with E-state index in [9.17, 15) is 8.42 Å². The number of aromatic nitrogens is 3. The molecule has 0 aliphatic heterocycles. The number of anilines is 1. The van der Waals surface area contributed by atoms with Crippen LogP contribution in [0.5, 0.6) is 0 Å². The highest BCUT2D eigenvalue weighted by molar-refractivity contribution is 7.92. The molecule has 0 aliphatic rings. The van der Waals surface area contributed by atoms with Crippen LogP contribution in [0.25, 0.3) is 22.2 Å². The van der Waals surface area contributed by atoms with Gasteiger partial charge in [0.25, 0.3) is 0 Å². The molecule has 29 heavy (non-hydrogen) atoms. The zero-order chi connectivity index (χ0) is 20.6. The average molecular weight is 411 g/mol. The number of nitrogen functional groups attached to an aromatic ring is 1. The summed E-state index contributed by atoms with van der Waals surface area (Å²) in [6.07, 6.45) is 1.75. The molecule has 0 spiro atoms. The topological polar surface area (TPSA) is 119 Å². The standard InChI is InChI=1S/C21H23N5O2S/c1-14-8-10-15(11-9-14)29(27,28)19-18-21(26(20(19)23)13-5-4-12-22)25-17-7-3-2-6-16(17)24-18/h2-3,6-11H,4-5,12-13,22-23H2,1H3/p+1. The van der Waals surface area contributed by atoms with Crippen LogP contribution in [0.4, 0.5) is 5.82 Å². The Bertz CT molecular complexity index is 1290. The Morgan fingerprint density at radius 3 is 2.31 bits per heavy atom. The number of fused-ring (bicyclic) bond motifs is 2. The summed E-state index contributed by atoms with van der Waals surface area (Å²) in [5, 5.41) is 0. The summed E-state index contributed by atoms with van der Waals surface area (Å²) in [5.41, 5.74) is 13.4. The van der Waals surface area contributed by atoms with Crippen molar-refractivity contribution in [3.8, 4) is 0 Å². The van der Waals surface area contributed by atoms with Crippen molar-refractivity contribution in [3.05, 3.63) is 54.1 Å². The molecule has 7 nitrogen and oxygen atoms in total. The first-order chi connectivity index (χ1) is 13.9. The number of nitrogens with zero attached hydrogens (tertiary/aromatic N) is 3. The first-order valence-electron chi connectivity index (χ1n) is 9.59. The summed E-state index contributed by atoms with van der Waals surface area (Å²) >= 11 is 0. The van der Waals surface area contributed by atoms with Gasteiger partial charge in [0.05, 0.1) is 22.5 Å². The number of quaternary nitrogens is 1. The van der Waals surface area contributed by atoms with E-state index in [0.717, 1.165) is 24.9 Å². The number of rotatable bonds is 6. The summed E-state index contributed by atoms with van der Waals surface area (Å²) in [5.74, 6) is 0.181. The van der Waals surface area contributed by atoms with E-state index < -0.39 is 9.84 Å². The van der Waals surface area contributed by atoms with Gasteiger partial charge in [-0.2, -0.15) is 0 Å². The Labute approximate surface area is 169 Å². The van der Waals surface area contributed by atoms with Crippen molar-refractivity contribution in [2.24, 2.45) is 0 Å². The lowest BCUT2D eigenvalue weighted by molar-refractivity contribution is -0.368. The van der Waals surface area contributed by atoms with Gasteiger partial charge in [-0.05, 0) is 44.0 Å². The molecule has 0 radical (unpaired) electrons. The second-order valence-electron chi connectivity index (χ2n) is 7.13. The largest absolute Gasteiger partial charge is 0.384 e. The molecule has 2 aromatic heterocycles. The van der Waals surface area contributed by atoms with E-state index in [1.165, 1.54) is 0 Å². The SMILES string of the molecule is Cc1ccc(S(=O)(=O)c2c(N)n(CCCC[NH3+])c3nc4ccccc4nc23)cc1. The molecular formula is C21H24N5O2S+. The molecule has 0 fully saturated rings. The summed E-state index contributed by atoms with van der Waals surface area (Å²) in [6, 6.07) is 14.2. The predicted octanol–water partition coefficient (Wildman–Crippen LogP) is 2.33. The highest BCUT2D eigenvalue weighted by Crippen LogP contribution is 2.35. The Balaban J connectivity index is 2.00. The summed E-state index contributed by atoms with van der Waals surface area (Å²) in [4.78, 5) is 9.57. The molecule has 5 N–H and O–H groups in total. The van der Waals surface area contributed by atoms with Gasteiger partial charge in [-0.1, -0.05) is 29.8 Å². The molecule has 2 heterocycles. The molecule has 0 aliphatic carbocycles. The lowest BCUT2D eigenvalue weighted by Crippen LogP contribution is -2.50. The van der Waals surface area contributed by atoms with Crippen LogP contribution in [0.15, 0.2) is 58.3 Å². The van der Waals surface area contributed by atoms with E-state index in [4.69, 9.17) is 10.7 Å². The molecule has 4 aromatic rings. The average Bonchev–Trinajstić information content (AvgIpc) is 2.98. The van der Waals surface area contributed by atoms with Crippen molar-refractivity contribution in [1.82, 2.24) is 14.5 Å². The molecule has 0 atom stereocenters. The van der Waals surface area contributed by atoms with Crippen LogP contribution in [0.2, 0.25) is 0 Å². The van der Waals surface area contributed by atoms with Crippen LogP contribution >= 0.6 is 0 Å². The van der Waals surface area contributed by atoms with Crippen molar-refractivity contribution in [1.29, 1.82) is 0 Å². The molecule has 0 unspecified atom stereocenters. The Morgan fingerprint density at radius 2 is 1.66 bits per heavy atom. The first kappa shape index (κ1) is 19.4. The number of sulfone groups is 1. The van der Waals surface area contributed by atoms with Gasteiger partial charge in [-0.15, -0.1) is 0 Å². The maximum atomic E-state index is 13.5. The van der Waals surface area contributed by atoms with E-state index in [1.54, 1.807) is 28.8 Å². The second kappa shape index (κ2) is 7.46. The minimum atomic E-state index is -3.85. The molecule has 150 valence electrons. The van der Waals surface area contributed by atoms with E-state index in [1.807, 2.05) is 31.2 Å². The highest BCUT2D eigenvalue weighted by Gasteiger charge is 2.30. The Kier molecular flexibility index (Phi) is 4.97. The van der Waals surface area contributed by atoms with E-state index >= 15 is 0 Å². The maximum Gasteiger partial charge on any atom is 0.212 e. The predicted molar refractivity (Wildman–Crippen MR) is 113 cm³/mol. The highest BCUT2D eigenvalue weighted by atomic mass is 32.2. The number of hydrogen-bond donors (Lipinski definition) is 2. The number of nitrogens with two attached hydrogens (primary N) is 1. The van der Waals surface area contributed by atoms with Gasteiger partial charge in [0.15, 0.2) is 5.65 Å². The number of para-hydroxylation sites is 2. The summed E-state index contributed by atoms with van der Waals surface area (Å²) < 4.78 is 28.7. The number of benzene rings is 2. The van der Waals surface area contributed by atoms with Crippen molar-refractivity contribution < 1.29 is 14.2 Å². The Morgan fingerprint density at radius 1 is 1.00 bits per heavy atom. The lowest BCUT2D eigenvalue weighted by atomic mass is 10.2. The van der Waals surface area contributed by atoms with Gasteiger partial charge < -0.3 is 16.0 Å². The van der Waals surface area contributed by atoms with Crippen molar-refractivity contribution >= 4 is 37.9 Å². The van der Waals surface area contributed by atoms with Gasteiger partial charge >= 0.3 is 0 Å². The zero-order valence-electron chi connectivity index (χ0n) is 16.3.